The number of amides is 3. The molecule has 0 spiro atoms. The van der Waals surface area contributed by atoms with Crippen molar-refractivity contribution < 1.29 is 19.1 Å². The summed E-state index contributed by atoms with van der Waals surface area (Å²) >= 11 is 5.54. The van der Waals surface area contributed by atoms with Gasteiger partial charge in [-0.3, -0.25) is 19.3 Å². The van der Waals surface area contributed by atoms with Crippen LogP contribution in [0.3, 0.4) is 0 Å². The molecular weight excluding hydrogens is 600 g/mol. The van der Waals surface area contributed by atoms with Gasteiger partial charge in [0.1, 0.15) is 0 Å². The second-order valence-electron chi connectivity index (χ2n) is 14.2. The number of carbonyl (C=O) groups is 3. The quantitative estimate of drug-likeness (QED) is 0.256. The van der Waals surface area contributed by atoms with Crippen LogP contribution in [0.25, 0.3) is 0 Å². The Kier molecular flexibility index (Phi) is 19.5. The molecule has 1 N–H and O–H groups in total. The molecule has 1 saturated carbocycles. The van der Waals surface area contributed by atoms with Gasteiger partial charge in [-0.1, -0.05) is 56.5 Å². The van der Waals surface area contributed by atoms with Gasteiger partial charge in [-0.25, -0.2) is 0 Å². The van der Waals surface area contributed by atoms with E-state index in [2.05, 4.69) is 49.7 Å². The first-order chi connectivity index (χ1) is 22.0. The lowest BCUT2D eigenvalue weighted by Crippen LogP contribution is -2.41. The fourth-order valence-corrected chi connectivity index (χ4v) is 6.25. The summed E-state index contributed by atoms with van der Waals surface area (Å²) in [5.74, 6) is 1.79. The van der Waals surface area contributed by atoms with Crippen molar-refractivity contribution in [3.8, 4) is 0 Å². The van der Waals surface area contributed by atoms with Crippen LogP contribution in [0.4, 0.5) is 0 Å². The van der Waals surface area contributed by atoms with Crippen LogP contribution in [0.5, 0.6) is 0 Å². The van der Waals surface area contributed by atoms with Gasteiger partial charge in [0.15, 0.2) is 0 Å². The van der Waals surface area contributed by atoms with Gasteiger partial charge in [-0.2, -0.15) is 0 Å². The predicted molar refractivity (Wildman–Crippen MR) is 189 cm³/mol. The second kappa shape index (κ2) is 22.4. The van der Waals surface area contributed by atoms with E-state index in [0.717, 1.165) is 75.9 Å². The van der Waals surface area contributed by atoms with E-state index >= 15 is 0 Å². The Balaban J connectivity index is 0.000000226. The number of benzene rings is 1. The number of rotatable bonds is 7. The van der Waals surface area contributed by atoms with E-state index in [1.807, 2.05) is 30.3 Å². The number of hydrogen-bond acceptors (Lipinski definition) is 5. The highest BCUT2D eigenvalue weighted by molar-refractivity contribution is 6.30. The molecule has 3 amide bonds. The van der Waals surface area contributed by atoms with Crippen LogP contribution in [0.1, 0.15) is 105 Å². The third-order valence-electron chi connectivity index (χ3n) is 9.22. The number of nitrogens with zero attached hydrogens (tertiary/aromatic N) is 3. The van der Waals surface area contributed by atoms with Gasteiger partial charge >= 0.3 is 0 Å². The molecule has 0 unspecified atom stereocenters. The molecule has 0 radical (unpaired) electrons. The minimum atomic E-state index is 0.208. The van der Waals surface area contributed by atoms with Gasteiger partial charge in [-0.15, -0.1) is 0 Å². The van der Waals surface area contributed by atoms with Crippen molar-refractivity contribution in [2.75, 3.05) is 52.5 Å². The topological polar surface area (TPSA) is 82.2 Å². The molecule has 0 bridgehead atoms. The van der Waals surface area contributed by atoms with E-state index in [1.165, 1.54) is 51.4 Å². The Morgan fingerprint density at radius 1 is 0.935 bits per heavy atom. The lowest BCUT2D eigenvalue weighted by atomic mass is 9.87. The molecule has 0 aromatic heterocycles. The third kappa shape index (κ3) is 16.6. The summed E-state index contributed by atoms with van der Waals surface area (Å²) in [6.45, 7) is 18.1. The largest absolute Gasteiger partial charge is 0.378 e. The average molecular weight is 663 g/mol. The number of halogens is 1. The van der Waals surface area contributed by atoms with Crippen LogP contribution in [-0.4, -0.2) is 97.0 Å². The summed E-state index contributed by atoms with van der Waals surface area (Å²) in [4.78, 5) is 40.0. The summed E-state index contributed by atoms with van der Waals surface area (Å²) in [7, 11) is 0. The number of nitrogens with one attached hydrogen (secondary N) is 1. The first-order valence-electron chi connectivity index (χ1n) is 17.8. The van der Waals surface area contributed by atoms with Crippen LogP contribution in [-0.2, 0) is 19.1 Å². The van der Waals surface area contributed by atoms with Crippen molar-refractivity contribution >= 4 is 29.8 Å². The van der Waals surface area contributed by atoms with Crippen LogP contribution < -0.4 is 5.32 Å². The maximum Gasteiger partial charge on any atom is 0.227 e. The zero-order chi connectivity index (χ0) is 33.8. The average Bonchev–Trinajstić information content (AvgIpc) is 3.78. The molecule has 1 aromatic carbocycles. The molecule has 1 aliphatic carbocycles. The van der Waals surface area contributed by atoms with E-state index < -0.39 is 0 Å². The first-order valence-corrected chi connectivity index (χ1v) is 18.2. The Morgan fingerprint density at radius 3 is 2.04 bits per heavy atom. The normalized spacial score (nSPS) is 23.1. The molecule has 1 aromatic rings. The molecule has 4 fully saturated rings. The molecule has 46 heavy (non-hydrogen) atoms. The highest BCUT2D eigenvalue weighted by Crippen LogP contribution is 2.27. The highest BCUT2D eigenvalue weighted by atomic mass is 35.5. The van der Waals surface area contributed by atoms with Crippen molar-refractivity contribution in [2.24, 2.45) is 11.8 Å². The fourth-order valence-electron chi connectivity index (χ4n) is 6.10. The van der Waals surface area contributed by atoms with E-state index in [1.54, 1.807) is 4.90 Å². The fraction of sp³-hybridized carbons (Fsp3) is 0.757. The maximum atomic E-state index is 12.2. The second-order valence-corrected chi connectivity index (χ2v) is 14.6. The highest BCUT2D eigenvalue weighted by Gasteiger charge is 2.36. The van der Waals surface area contributed by atoms with Crippen molar-refractivity contribution in [3.05, 3.63) is 35.4 Å². The number of likely N-dealkylation sites (tertiary alicyclic amines) is 2. The molecule has 8 nitrogen and oxygen atoms in total. The smallest absolute Gasteiger partial charge is 0.227 e. The van der Waals surface area contributed by atoms with Crippen LogP contribution in [0.2, 0.25) is 5.02 Å². The molecule has 262 valence electrons. The summed E-state index contributed by atoms with van der Waals surface area (Å²) < 4.78 is 5.00. The Labute approximate surface area is 284 Å². The van der Waals surface area contributed by atoms with Crippen LogP contribution >= 0.6 is 11.6 Å². The Bertz CT molecular complexity index is 969. The van der Waals surface area contributed by atoms with Gasteiger partial charge in [0.05, 0.1) is 19.1 Å². The minimum absolute atomic E-state index is 0.208. The minimum Gasteiger partial charge on any atom is -0.378 e. The molecule has 5 rings (SSSR count). The molecule has 9 heteroatoms. The predicted octanol–water partition coefficient (Wildman–Crippen LogP) is 6.81. The lowest BCUT2D eigenvalue weighted by Gasteiger charge is -2.31. The van der Waals surface area contributed by atoms with Crippen molar-refractivity contribution in [1.82, 2.24) is 20.0 Å². The van der Waals surface area contributed by atoms with Gasteiger partial charge in [0.2, 0.25) is 18.2 Å². The standard InChI is InChI=1S/C13H24N2O.C13H25NO.C6H5Cl.C5H9NO2/c1-13(2,3)15-9-6-11(10-15)12(16)14-7-4-5-8-14;1-3-4-5-6-13(15)14-12-9-7-11(2)8-10-12;7-6-4-2-1-3-5-6;7-5-6-1-3-8-4-2-6/h11H,4-10H2,1-3H3;11-12H,3-10H2,1-2H3,(H,14,15);1-5H;5H,1-4H2/t11-;;;/m0.../s1. The number of morpholine rings is 1. The molecular formula is C37H63ClN4O4. The zero-order valence-corrected chi connectivity index (χ0v) is 30.2. The Morgan fingerprint density at radius 2 is 1.57 bits per heavy atom. The van der Waals surface area contributed by atoms with Gasteiger partial charge in [0, 0.05) is 55.7 Å². The van der Waals surface area contributed by atoms with E-state index in [-0.39, 0.29) is 17.4 Å². The van der Waals surface area contributed by atoms with Crippen molar-refractivity contribution in [1.29, 1.82) is 0 Å². The number of carbonyl (C=O) groups excluding carboxylic acids is 3. The SMILES string of the molecule is CC(C)(C)N1CC[C@H](C(=O)N2CCCC2)C1.CCCCCC(=O)NC1CCC(C)CC1.Clc1ccccc1.O=CN1CCOCC1. The van der Waals surface area contributed by atoms with E-state index in [9.17, 15) is 14.4 Å². The van der Waals surface area contributed by atoms with Gasteiger partial charge in [0.25, 0.3) is 0 Å². The molecule has 3 heterocycles. The summed E-state index contributed by atoms with van der Waals surface area (Å²) in [5, 5.41) is 3.95. The maximum absolute atomic E-state index is 12.2. The Hall–Kier alpha value is -2.16. The monoisotopic (exact) mass is 662 g/mol. The van der Waals surface area contributed by atoms with Crippen molar-refractivity contribution in [2.45, 2.75) is 117 Å². The van der Waals surface area contributed by atoms with E-state index in [4.69, 9.17) is 16.3 Å². The summed E-state index contributed by atoms with van der Waals surface area (Å²) in [6.07, 6.45) is 13.4. The van der Waals surface area contributed by atoms with Gasteiger partial charge in [-0.05, 0) is 96.7 Å². The van der Waals surface area contributed by atoms with Gasteiger partial charge < -0.3 is 19.9 Å². The summed E-state index contributed by atoms with van der Waals surface area (Å²) in [5.41, 5.74) is 0.208. The first kappa shape index (κ1) is 40.0. The molecule has 3 saturated heterocycles. The van der Waals surface area contributed by atoms with Crippen molar-refractivity contribution in [3.63, 3.8) is 0 Å². The van der Waals surface area contributed by atoms with Crippen LogP contribution in [0, 0.1) is 11.8 Å². The molecule has 3 aliphatic heterocycles. The molecule has 1 atom stereocenters. The number of unbranched alkanes of at least 4 members (excludes halogenated alkanes) is 2. The number of hydrogen-bond donors (Lipinski definition) is 1. The zero-order valence-electron chi connectivity index (χ0n) is 29.5. The third-order valence-corrected chi connectivity index (χ3v) is 9.47. The number of ether oxygens (including phenoxy) is 1. The molecule has 4 aliphatic rings. The summed E-state index contributed by atoms with van der Waals surface area (Å²) in [6, 6.07) is 9.91. The van der Waals surface area contributed by atoms with E-state index in [0.29, 0.717) is 25.2 Å². The lowest BCUT2D eigenvalue weighted by molar-refractivity contribution is -0.134. The van der Waals surface area contributed by atoms with Crippen LogP contribution in [0.15, 0.2) is 30.3 Å².